The Balaban J connectivity index is 1.46. The van der Waals surface area contributed by atoms with Gasteiger partial charge in [-0.05, 0) is 60.9 Å². The zero-order valence-electron chi connectivity index (χ0n) is 23.7. The normalized spacial score (nSPS) is 18.8. The van der Waals surface area contributed by atoms with E-state index in [0.717, 1.165) is 28.2 Å². The molecule has 2 aliphatic heterocycles. The van der Waals surface area contributed by atoms with Crippen LogP contribution < -0.4 is 14.4 Å². The topological polar surface area (TPSA) is 115 Å². The number of carbonyl (C=O) groups is 3. The standard InChI is InChI=1S/C33H28N2O7S/c1-18-14-23-15-22(12-13-25(23)42-18)28(36)26-27(21-10-7-11-24(16-21)41-17-20-8-5-4-6-9-20)35(31(38)29(26)37)33-34-19(2)30(43-33)32(39)40-3/h4-13,15-16,18,27,36H,14,17H2,1-3H3/t18-,27-/m1/s1. The van der Waals surface area contributed by atoms with Crippen molar-refractivity contribution in [1.29, 1.82) is 0 Å². The average Bonchev–Trinajstić information content (AvgIpc) is 3.67. The number of thiazole rings is 1. The fourth-order valence-electron chi connectivity index (χ4n) is 5.35. The minimum absolute atomic E-state index is 0.00579. The Bertz CT molecular complexity index is 1780. The number of fused-ring (bicyclic) bond motifs is 1. The number of aliphatic hydroxyl groups excluding tert-OH is 1. The molecule has 3 aromatic carbocycles. The summed E-state index contributed by atoms with van der Waals surface area (Å²) in [6.07, 6.45) is 0.651. The van der Waals surface area contributed by atoms with E-state index in [1.807, 2.05) is 37.3 Å². The molecule has 1 amide bonds. The van der Waals surface area contributed by atoms with Gasteiger partial charge in [0.2, 0.25) is 0 Å². The Morgan fingerprint density at radius 1 is 1.09 bits per heavy atom. The van der Waals surface area contributed by atoms with Crippen LogP contribution in [-0.2, 0) is 27.4 Å². The van der Waals surface area contributed by atoms with Gasteiger partial charge in [0.05, 0.1) is 24.4 Å². The quantitative estimate of drug-likeness (QED) is 0.124. The van der Waals surface area contributed by atoms with Crippen LogP contribution in [0.15, 0.2) is 78.4 Å². The van der Waals surface area contributed by atoms with Gasteiger partial charge in [-0.2, -0.15) is 0 Å². The Morgan fingerprint density at radius 3 is 2.65 bits per heavy atom. The molecule has 1 fully saturated rings. The van der Waals surface area contributed by atoms with Crippen molar-refractivity contribution in [3.8, 4) is 11.5 Å². The largest absolute Gasteiger partial charge is 0.507 e. The van der Waals surface area contributed by atoms with E-state index in [-0.39, 0.29) is 27.4 Å². The van der Waals surface area contributed by atoms with Gasteiger partial charge in [-0.25, -0.2) is 9.78 Å². The van der Waals surface area contributed by atoms with Crippen molar-refractivity contribution < 1.29 is 33.7 Å². The molecule has 0 radical (unpaired) electrons. The first-order chi connectivity index (χ1) is 20.7. The van der Waals surface area contributed by atoms with Crippen molar-refractivity contribution in [2.45, 2.75) is 39.0 Å². The molecule has 0 aliphatic carbocycles. The van der Waals surface area contributed by atoms with Gasteiger partial charge in [0, 0.05) is 12.0 Å². The maximum Gasteiger partial charge on any atom is 0.350 e. The lowest BCUT2D eigenvalue weighted by Gasteiger charge is -2.23. The van der Waals surface area contributed by atoms with E-state index in [4.69, 9.17) is 14.2 Å². The van der Waals surface area contributed by atoms with E-state index in [1.165, 1.54) is 12.0 Å². The minimum atomic E-state index is -1.04. The van der Waals surface area contributed by atoms with Crippen molar-refractivity contribution in [3.05, 3.63) is 111 Å². The van der Waals surface area contributed by atoms with Gasteiger partial charge in [0.1, 0.15) is 34.8 Å². The Morgan fingerprint density at radius 2 is 1.88 bits per heavy atom. The molecule has 1 aromatic heterocycles. The second-order valence-corrected chi connectivity index (χ2v) is 11.4. The first-order valence-corrected chi connectivity index (χ1v) is 14.5. The van der Waals surface area contributed by atoms with Crippen molar-refractivity contribution in [3.63, 3.8) is 0 Å². The van der Waals surface area contributed by atoms with Crippen LogP contribution in [0.3, 0.4) is 0 Å². The van der Waals surface area contributed by atoms with Gasteiger partial charge in [0.15, 0.2) is 5.13 Å². The molecule has 2 atom stereocenters. The van der Waals surface area contributed by atoms with E-state index in [2.05, 4.69) is 4.98 Å². The summed E-state index contributed by atoms with van der Waals surface area (Å²) < 4.78 is 16.7. The van der Waals surface area contributed by atoms with E-state index < -0.39 is 23.7 Å². The first-order valence-electron chi connectivity index (χ1n) is 13.7. The summed E-state index contributed by atoms with van der Waals surface area (Å²) in [6, 6.07) is 20.9. The van der Waals surface area contributed by atoms with Gasteiger partial charge in [-0.3, -0.25) is 14.5 Å². The SMILES string of the molecule is COC(=O)c1sc(N2C(=O)C(=O)C(=C(O)c3ccc4c(c3)C[C@@H](C)O4)[C@H]2c2cccc(OCc3ccccc3)c2)nc1C. The van der Waals surface area contributed by atoms with Gasteiger partial charge in [-0.15, -0.1) is 0 Å². The number of esters is 1. The number of benzene rings is 3. The third-order valence-electron chi connectivity index (χ3n) is 7.40. The molecule has 0 unspecified atom stereocenters. The number of rotatable bonds is 7. The molecule has 6 rings (SSSR count). The third kappa shape index (κ3) is 5.25. The van der Waals surface area contributed by atoms with Crippen LogP contribution in [0.2, 0.25) is 0 Å². The van der Waals surface area contributed by atoms with Gasteiger partial charge in [0.25, 0.3) is 5.78 Å². The zero-order valence-corrected chi connectivity index (χ0v) is 24.5. The summed E-state index contributed by atoms with van der Waals surface area (Å²) in [6.45, 7) is 3.90. The first kappa shape index (κ1) is 28.2. The predicted molar refractivity (Wildman–Crippen MR) is 160 cm³/mol. The monoisotopic (exact) mass is 596 g/mol. The second-order valence-electron chi connectivity index (χ2n) is 10.4. The van der Waals surface area contributed by atoms with Crippen LogP contribution in [0.25, 0.3) is 5.76 Å². The molecule has 0 saturated carbocycles. The number of hydrogen-bond donors (Lipinski definition) is 1. The van der Waals surface area contributed by atoms with Crippen LogP contribution in [0.4, 0.5) is 5.13 Å². The molecule has 0 bridgehead atoms. The molecule has 43 heavy (non-hydrogen) atoms. The van der Waals surface area contributed by atoms with Crippen LogP contribution in [-0.4, -0.2) is 41.0 Å². The van der Waals surface area contributed by atoms with Crippen LogP contribution in [0.5, 0.6) is 11.5 Å². The molecule has 3 heterocycles. The van der Waals surface area contributed by atoms with E-state index in [9.17, 15) is 19.5 Å². The highest BCUT2D eigenvalue weighted by Gasteiger charge is 2.48. The fourth-order valence-corrected chi connectivity index (χ4v) is 6.36. The average molecular weight is 597 g/mol. The third-order valence-corrected chi connectivity index (χ3v) is 8.53. The highest BCUT2D eigenvalue weighted by molar-refractivity contribution is 7.17. The van der Waals surface area contributed by atoms with Crippen LogP contribution >= 0.6 is 11.3 Å². The Labute approximate surface area is 252 Å². The van der Waals surface area contributed by atoms with Crippen molar-refractivity contribution in [2.24, 2.45) is 0 Å². The smallest absolute Gasteiger partial charge is 0.350 e. The van der Waals surface area contributed by atoms with Gasteiger partial charge in [-0.1, -0.05) is 53.8 Å². The number of amides is 1. The van der Waals surface area contributed by atoms with Crippen molar-refractivity contribution in [1.82, 2.24) is 4.98 Å². The summed E-state index contributed by atoms with van der Waals surface area (Å²) >= 11 is 0.947. The lowest BCUT2D eigenvalue weighted by atomic mass is 9.94. The lowest BCUT2D eigenvalue weighted by molar-refractivity contribution is -0.132. The number of aliphatic hydroxyl groups is 1. The zero-order chi connectivity index (χ0) is 30.2. The summed E-state index contributed by atoms with van der Waals surface area (Å²) in [5.74, 6) is -1.41. The highest BCUT2D eigenvalue weighted by Crippen LogP contribution is 2.45. The summed E-state index contributed by atoms with van der Waals surface area (Å²) in [4.78, 5) is 45.6. The molecule has 1 saturated heterocycles. The molecule has 2 aliphatic rings. The van der Waals surface area contributed by atoms with Crippen LogP contribution in [0.1, 0.15) is 50.6 Å². The molecule has 218 valence electrons. The Hall–Kier alpha value is -4.96. The molecule has 0 spiro atoms. The number of aromatic nitrogens is 1. The van der Waals surface area contributed by atoms with Crippen LogP contribution in [0, 0.1) is 6.92 Å². The second kappa shape index (κ2) is 11.4. The maximum absolute atomic E-state index is 13.7. The van der Waals surface area contributed by atoms with Crippen molar-refractivity contribution in [2.75, 3.05) is 12.0 Å². The highest BCUT2D eigenvalue weighted by atomic mass is 32.1. The fraction of sp³-hybridized carbons (Fsp3) is 0.212. The predicted octanol–water partition coefficient (Wildman–Crippen LogP) is 5.77. The number of ether oxygens (including phenoxy) is 3. The number of methoxy groups -OCH3 is 1. The molecular formula is C33H28N2O7S. The van der Waals surface area contributed by atoms with Gasteiger partial charge >= 0.3 is 11.9 Å². The van der Waals surface area contributed by atoms with Crippen molar-refractivity contribution >= 4 is 39.9 Å². The summed E-state index contributed by atoms with van der Waals surface area (Å²) in [7, 11) is 1.26. The Kier molecular flexibility index (Phi) is 7.45. The van der Waals surface area contributed by atoms with E-state index in [1.54, 1.807) is 49.4 Å². The number of nitrogens with zero attached hydrogens (tertiary/aromatic N) is 2. The molecule has 10 heteroatoms. The number of Topliss-reactive ketones (excluding diaryl/α,β-unsaturated/α-hetero) is 1. The summed E-state index contributed by atoms with van der Waals surface area (Å²) in [5, 5.41) is 11.8. The molecule has 4 aromatic rings. The lowest BCUT2D eigenvalue weighted by Crippen LogP contribution is -2.29. The summed E-state index contributed by atoms with van der Waals surface area (Å²) in [5.41, 5.74) is 3.06. The number of anilines is 1. The molecular weight excluding hydrogens is 568 g/mol. The maximum atomic E-state index is 13.7. The van der Waals surface area contributed by atoms with E-state index >= 15 is 0 Å². The number of hydrogen-bond acceptors (Lipinski definition) is 9. The minimum Gasteiger partial charge on any atom is -0.507 e. The number of ketones is 1. The number of aryl methyl sites for hydroxylation is 1. The van der Waals surface area contributed by atoms with E-state index in [0.29, 0.717) is 35.6 Å². The molecule has 1 N–H and O–H groups in total. The molecule has 9 nitrogen and oxygen atoms in total. The van der Waals surface area contributed by atoms with Gasteiger partial charge < -0.3 is 19.3 Å². The number of carbonyl (C=O) groups excluding carboxylic acids is 3.